The van der Waals surface area contributed by atoms with E-state index in [0.29, 0.717) is 19.3 Å². The van der Waals surface area contributed by atoms with Gasteiger partial charge in [-0.05, 0) is 89.9 Å². The number of hydrogen-bond donors (Lipinski definition) is 0. The van der Waals surface area contributed by atoms with E-state index in [-0.39, 0.29) is 31.1 Å². The first-order valence-corrected chi connectivity index (χ1v) is 32.6. The molecule has 6 heteroatoms. The van der Waals surface area contributed by atoms with Crippen LogP contribution in [0.15, 0.2) is 48.6 Å². The molecule has 0 bridgehead atoms. The highest BCUT2D eigenvalue weighted by atomic mass is 16.6. The van der Waals surface area contributed by atoms with E-state index < -0.39 is 6.10 Å². The van der Waals surface area contributed by atoms with E-state index in [4.69, 9.17) is 14.2 Å². The minimum atomic E-state index is -0.782. The molecule has 0 saturated carbocycles. The van der Waals surface area contributed by atoms with Crippen LogP contribution in [0.3, 0.4) is 0 Å². The fourth-order valence-corrected chi connectivity index (χ4v) is 9.56. The van der Waals surface area contributed by atoms with Crippen LogP contribution in [0.4, 0.5) is 0 Å². The Morgan fingerprint density at radius 3 is 0.797 bits per heavy atom. The van der Waals surface area contributed by atoms with E-state index in [1.165, 1.54) is 218 Å². The van der Waals surface area contributed by atoms with Crippen molar-refractivity contribution in [1.29, 1.82) is 0 Å². The van der Waals surface area contributed by atoms with Crippen LogP contribution in [0, 0.1) is 0 Å². The molecular weight excluding hydrogens is 913 g/mol. The molecule has 0 aliphatic heterocycles. The predicted octanol–water partition coefficient (Wildman–Crippen LogP) is 22.2. The molecule has 0 radical (unpaired) electrons. The van der Waals surface area contributed by atoms with Gasteiger partial charge in [-0.15, -0.1) is 0 Å². The van der Waals surface area contributed by atoms with Crippen molar-refractivity contribution in [2.75, 3.05) is 13.2 Å². The molecule has 432 valence electrons. The maximum Gasteiger partial charge on any atom is 0.306 e. The fourth-order valence-electron chi connectivity index (χ4n) is 9.56. The molecule has 0 saturated heterocycles. The van der Waals surface area contributed by atoms with Gasteiger partial charge in [0, 0.05) is 19.3 Å². The largest absolute Gasteiger partial charge is 0.462 e. The number of ether oxygens (including phenoxy) is 3. The van der Waals surface area contributed by atoms with E-state index >= 15 is 0 Å². The first-order valence-electron chi connectivity index (χ1n) is 32.6. The normalized spacial score (nSPS) is 12.3. The van der Waals surface area contributed by atoms with Crippen molar-refractivity contribution in [2.45, 2.75) is 354 Å². The average molecular weight is 1040 g/mol. The first-order chi connectivity index (χ1) is 36.5. The van der Waals surface area contributed by atoms with Crippen LogP contribution in [-0.4, -0.2) is 37.2 Å². The van der Waals surface area contributed by atoms with Gasteiger partial charge in [-0.3, -0.25) is 14.4 Å². The summed E-state index contributed by atoms with van der Waals surface area (Å²) in [7, 11) is 0. The van der Waals surface area contributed by atoms with E-state index in [0.717, 1.165) is 89.9 Å². The second-order valence-corrected chi connectivity index (χ2v) is 22.0. The van der Waals surface area contributed by atoms with Crippen LogP contribution in [-0.2, 0) is 28.6 Å². The number of unbranched alkanes of at least 4 members (excludes halogenated alkanes) is 41. The average Bonchev–Trinajstić information content (AvgIpc) is 3.40. The van der Waals surface area contributed by atoms with Gasteiger partial charge in [-0.25, -0.2) is 0 Å². The number of carbonyl (C=O) groups excluding carboxylic acids is 3. The van der Waals surface area contributed by atoms with Crippen molar-refractivity contribution in [3.63, 3.8) is 0 Å². The third kappa shape index (κ3) is 60.2. The van der Waals surface area contributed by atoms with Gasteiger partial charge >= 0.3 is 17.9 Å². The molecule has 0 aliphatic rings. The Morgan fingerprint density at radius 2 is 0.500 bits per heavy atom. The maximum absolute atomic E-state index is 12.8. The molecule has 0 fully saturated rings. The zero-order valence-corrected chi connectivity index (χ0v) is 49.6. The highest BCUT2D eigenvalue weighted by molar-refractivity contribution is 5.71. The van der Waals surface area contributed by atoms with Crippen molar-refractivity contribution >= 4 is 17.9 Å². The molecule has 0 heterocycles. The standard InChI is InChI=1S/C68H124O6/c1-4-7-10-13-16-19-22-24-26-27-28-29-30-31-32-33-34-35-36-37-38-39-40-41-42-44-46-49-52-55-58-61-67(70)73-64-65(63-72-66(69)60-57-54-51-48-45-21-18-15-12-9-6-3)74-68(71)62-59-56-53-50-47-43-25-23-20-17-14-11-8-5-2/h14-15,17-18,23,25,27-28,65H,4-13,16,19-22,24,26,29-64H2,1-3H3/b17-14-,18-15-,25-23-,28-27-. The third-order valence-electron chi connectivity index (χ3n) is 14.5. The van der Waals surface area contributed by atoms with E-state index in [2.05, 4.69) is 69.4 Å². The summed E-state index contributed by atoms with van der Waals surface area (Å²) < 4.78 is 16.9. The quantitative estimate of drug-likeness (QED) is 0.0261. The molecule has 74 heavy (non-hydrogen) atoms. The van der Waals surface area contributed by atoms with Gasteiger partial charge in [0.15, 0.2) is 6.10 Å². The Balaban J connectivity index is 4.08. The topological polar surface area (TPSA) is 78.9 Å². The van der Waals surface area contributed by atoms with Crippen LogP contribution in [0.25, 0.3) is 0 Å². The SMILES string of the molecule is CCCC/C=C\C/C=C\CCCCCCCC(=O)OC(COC(=O)CCCCCCC/C=C\CCCC)COC(=O)CCCCCCCCCCCCCCCCCCCCC/C=C\CCCCCCCCCC. The maximum atomic E-state index is 12.8. The van der Waals surface area contributed by atoms with Gasteiger partial charge in [0.25, 0.3) is 0 Å². The Hall–Kier alpha value is -2.63. The number of allylic oxidation sites excluding steroid dienone is 8. The summed E-state index contributed by atoms with van der Waals surface area (Å²) in [5.41, 5.74) is 0. The number of esters is 3. The van der Waals surface area contributed by atoms with Crippen molar-refractivity contribution in [2.24, 2.45) is 0 Å². The molecule has 0 amide bonds. The molecule has 0 aromatic rings. The monoisotopic (exact) mass is 1040 g/mol. The predicted molar refractivity (Wildman–Crippen MR) is 321 cm³/mol. The summed E-state index contributed by atoms with van der Waals surface area (Å²) in [6, 6.07) is 0. The van der Waals surface area contributed by atoms with Crippen LogP contribution in [0.1, 0.15) is 348 Å². The van der Waals surface area contributed by atoms with Gasteiger partial charge in [0.2, 0.25) is 0 Å². The van der Waals surface area contributed by atoms with Crippen LogP contribution in [0.2, 0.25) is 0 Å². The van der Waals surface area contributed by atoms with Gasteiger partial charge in [-0.1, -0.05) is 288 Å². The van der Waals surface area contributed by atoms with E-state index in [1.54, 1.807) is 0 Å². The molecular formula is C68H124O6. The first kappa shape index (κ1) is 71.4. The van der Waals surface area contributed by atoms with Crippen LogP contribution in [0.5, 0.6) is 0 Å². The van der Waals surface area contributed by atoms with Gasteiger partial charge < -0.3 is 14.2 Å². The molecule has 0 N–H and O–H groups in total. The van der Waals surface area contributed by atoms with Gasteiger partial charge in [0.05, 0.1) is 0 Å². The minimum Gasteiger partial charge on any atom is -0.462 e. The lowest BCUT2D eigenvalue weighted by atomic mass is 10.0. The molecule has 6 nitrogen and oxygen atoms in total. The van der Waals surface area contributed by atoms with Crippen molar-refractivity contribution in [1.82, 2.24) is 0 Å². The summed E-state index contributed by atoms with van der Waals surface area (Å²) in [4.78, 5) is 38.2. The molecule has 0 aliphatic carbocycles. The lowest BCUT2D eigenvalue weighted by Crippen LogP contribution is -2.30. The Kier molecular flexibility index (Phi) is 60.7. The van der Waals surface area contributed by atoms with E-state index in [9.17, 15) is 14.4 Å². The fraction of sp³-hybridized carbons (Fsp3) is 0.838. The molecule has 0 spiro atoms. The zero-order valence-electron chi connectivity index (χ0n) is 49.6. The summed E-state index contributed by atoms with van der Waals surface area (Å²) in [5.74, 6) is -0.887. The minimum absolute atomic E-state index is 0.0785. The number of carbonyl (C=O) groups is 3. The Morgan fingerprint density at radius 1 is 0.270 bits per heavy atom. The Labute approximate surface area is 460 Å². The summed E-state index contributed by atoms with van der Waals surface area (Å²) in [6.07, 6.45) is 78.6. The van der Waals surface area contributed by atoms with Crippen LogP contribution < -0.4 is 0 Å². The van der Waals surface area contributed by atoms with Gasteiger partial charge in [0.1, 0.15) is 13.2 Å². The third-order valence-corrected chi connectivity index (χ3v) is 14.5. The summed E-state index contributed by atoms with van der Waals surface area (Å²) in [5, 5.41) is 0. The second-order valence-electron chi connectivity index (χ2n) is 22.0. The number of rotatable bonds is 60. The van der Waals surface area contributed by atoms with E-state index in [1.807, 2.05) is 0 Å². The smallest absolute Gasteiger partial charge is 0.306 e. The molecule has 0 aromatic heterocycles. The van der Waals surface area contributed by atoms with Gasteiger partial charge in [-0.2, -0.15) is 0 Å². The molecule has 0 rings (SSSR count). The van der Waals surface area contributed by atoms with Crippen LogP contribution >= 0.6 is 0 Å². The van der Waals surface area contributed by atoms with Crippen molar-refractivity contribution < 1.29 is 28.6 Å². The molecule has 0 aromatic carbocycles. The van der Waals surface area contributed by atoms with Crippen molar-refractivity contribution in [3.8, 4) is 0 Å². The highest BCUT2D eigenvalue weighted by Crippen LogP contribution is 2.17. The summed E-state index contributed by atoms with van der Waals surface area (Å²) >= 11 is 0. The highest BCUT2D eigenvalue weighted by Gasteiger charge is 2.19. The number of hydrogen-bond acceptors (Lipinski definition) is 6. The lowest BCUT2D eigenvalue weighted by molar-refractivity contribution is -0.167. The lowest BCUT2D eigenvalue weighted by Gasteiger charge is -2.18. The summed E-state index contributed by atoms with van der Waals surface area (Å²) in [6.45, 7) is 6.58. The molecule has 1 unspecified atom stereocenters. The Bertz CT molecular complexity index is 1280. The molecule has 1 atom stereocenters. The van der Waals surface area contributed by atoms with Crippen molar-refractivity contribution in [3.05, 3.63) is 48.6 Å². The second kappa shape index (κ2) is 62.9. The zero-order chi connectivity index (χ0) is 53.6.